The molecule has 2 amide bonds. The molecule has 0 aliphatic carbocycles. The summed E-state index contributed by atoms with van der Waals surface area (Å²) in [5, 5.41) is 0. The van der Waals surface area contributed by atoms with Gasteiger partial charge in [-0.2, -0.15) is 0 Å². The number of nitrogens with zero attached hydrogens (tertiary/aromatic N) is 2. The third-order valence-electron chi connectivity index (χ3n) is 4.17. The van der Waals surface area contributed by atoms with E-state index < -0.39 is 0 Å². The van der Waals surface area contributed by atoms with E-state index in [0.717, 1.165) is 5.75 Å². The molecule has 3 rings (SSSR count). The van der Waals surface area contributed by atoms with Crippen molar-refractivity contribution in [2.75, 3.05) is 32.8 Å². The van der Waals surface area contributed by atoms with Crippen LogP contribution >= 0.6 is 0 Å². The molecule has 0 unspecified atom stereocenters. The molecule has 138 valence electrons. The average Bonchev–Trinajstić information content (AvgIpc) is 3.15. The quantitative estimate of drug-likeness (QED) is 0.822. The van der Waals surface area contributed by atoms with E-state index in [2.05, 4.69) is 0 Å². The van der Waals surface area contributed by atoms with Gasteiger partial charge in [-0.3, -0.25) is 4.79 Å². The van der Waals surface area contributed by atoms with E-state index in [9.17, 15) is 9.59 Å². The topological polar surface area (TPSA) is 72.2 Å². The molecule has 1 aliphatic heterocycles. The van der Waals surface area contributed by atoms with Crippen LogP contribution in [0.4, 0.5) is 4.79 Å². The van der Waals surface area contributed by atoms with Crippen molar-refractivity contribution in [3.8, 4) is 5.75 Å². The summed E-state index contributed by atoms with van der Waals surface area (Å²) in [5.74, 6) is 0.825. The molecule has 0 radical (unpaired) electrons. The van der Waals surface area contributed by atoms with Gasteiger partial charge in [-0.1, -0.05) is 18.2 Å². The predicted octanol–water partition coefficient (Wildman–Crippen LogP) is 2.77. The first-order valence-corrected chi connectivity index (χ1v) is 8.64. The molecule has 1 saturated heterocycles. The molecule has 1 fully saturated rings. The van der Waals surface area contributed by atoms with Gasteiger partial charge in [-0.05, 0) is 25.1 Å². The molecule has 0 bridgehead atoms. The number of rotatable bonds is 5. The zero-order valence-corrected chi connectivity index (χ0v) is 14.7. The van der Waals surface area contributed by atoms with Crippen LogP contribution in [0.25, 0.3) is 0 Å². The number of benzene rings is 1. The summed E-state index contributed by atoms with van der Waals surface area (Å²) in [4.78, 5) is 27.8. The lowest BCUT2D eigenvalue weighted by Crippen LogP contribution is -2.50. The van der Waals surface area contributed by atoms with E-state index >= 15 is 0 Å². The minimum Gasteiger partial charge on any atom is -0.489 e. The molecular weight excluding hydrogens is 336 g/mol. The fourth-order valence-electron chi connectivity index (χ4n) is 2.77. The molecule has 0 N–H and O–H groups in total. The van der Waals surface area contributed by atoms with E-state index in [1.165, 1.54) is 6.26 Å². The maximum Gasteiger partial charge on any atom is 0.409 e. The monoisotopic (exact) mass is 358 g/mol. The Bertz CT molecular complexity index is 735. The molecule has 0 spiro atoms. The summed E-state index contributed by atoms with van der Waals surface area (Å²) in [7, 11) is 0. The Morgan fingerprint density at radius 1 is 1.04 bits per heavy atom. The Hall–Kier alpha value is -2.96. The Morgan fingerprint density at radius 2 is 1.73 bits per heavy atom. The Morgan fingerprint density at radius 3 is 2.42 bits per heavy atom. The fourth-order valence-corrected chi connectivity index (χ4v) is 2.77. The Kier molecular flexibility index (Phi) is 5.78. The number of carbonyl (C=O) groups excluding carboxylic acids is 2. The van der Waals surface area contributed by atoms with Gasteiger partial charge in [0.05, 0.1) is 12.9 Å². The number of ether oxygens (including phenoxy) is 2. The van der Waals surface area contributed by atoms with Crippen LogP contribution in [-0.2, 0) is 11.3 Å². The summed E-state index contributed by atoms with van der Waals surface area (Å²) < 4.78 is 16.1. The SMILES string of the molecule is CCOC(=O)N1CCN(C(=O)c2occc2COc2ccccc2)CC1. The highest BCUT2D eigenvalue weighted by atomic mass is 16.6. The van der Waals surface area contributed by atoms with E-state index in [1.807, 2.05) is 30.3 Å². The van der Waals surface area contributed by atoms with Gasteiger partial charge in [0, 0.05) is 31.7 Å². The first-order valence-electron chi connectivity index (χ1n) is 8.64. The van der Waals surface area contributed by atoms with Crippen LogP contribution in [0, 0.1) is 0 Å². The van der Waals surface area contributed by atoms with Gasteiger partial charge in [0.15, 0.2) is 5.76 Å². The van der Waals surface area contributed by atoms with E-state index in [0.29, 0.717) is 38.3 Å². The molecule has 0 atom stereocenters. The molecule has 1 aromatic heterocycles. The second kappa shape index (κ2) is 8.42. The molecule has 26 heavy (non-hydrogen) atoms. The normalized spacial score (nSPS) is 14.2. The van der Waals surface area contributed by atoms with Crippen LogP contribution in [0.1, 0.15) is 23.0 Å². The van der Waals surface area contributed by atoms with Crippen molar-refractivity contribution in [3.63, 3.8) is 0 Å². The zero-order valence-electron chi connectivity index (χ0n) is 14.7. The smallest absolute Gasteiger partial charge is 0.409 e. The minimum atomic E-state index is -0.338. The third kappa shape index (κ3) is 4.17. The predicted molar refractivity (Wildman–Crippen MR) is 94.0 cm³/mol. The standard InChI is InChI=1S/C19H22N2O5/c1-2-24-19(23)21-11-9-20(10-12-21)18(22)17-15(8-13-25-17)14-26-16-6-4-3-5-7-16/h3-8,13H,2,9-12,14H2,1H3. The highest BCUT2D eigenvalue weighted by Crippen LogP contribution is 2.18. The lowest BCUT2D eigenvalue weighted by molar-refractivity contribution is 0.0543. The summed E-state index contributed by atoms with van der Waals surface area (Å²) in [5.41, 5.74) is 0.701. The number of para-hydroxylation sites is 1. The van der Waals surface area contributed by atoms with Crippen molar-refractivity contribution < 1.29 is 23.5 Å². The molecule has 1 aromatic carbocycles. The lowest BCUT2D eigenvalue weighted by atomic mass is 10.2. The molecule has 2 aromatic rings. The van der Waals surface area contributed by atoms with Crippen molar-refractivity contribution in [1.82, 2.24) is 9.80 Å². The van der Waals surface area contributed by atoms with Crippen LogP contribution in [-0.4, -0.2) is 54.6 Å². The van der Waals surface area contributed by atoms with Gasteiger partial charge in [-0.15, -0.1) is 0 Å². The van der Waals surface area contributed by atoms with Gasteiger partial charge in [-0.25, -0.2) is 4.79 Å². The maximum atomic E-state index is 12.7. The number of piperazine rings is 1. The first kappa shape index (κ1) is 17.8. The summed E-state index contributed by atoms with van der Waals surface area (Å²) in [6.45, 7) is 4.14. The molecule has 1 aliphatic rings. The van der Waals surface area contributed by atoms with Crippen LogP contribution in [0.2, 0.25) is 0 Å². The molecule has 2 heterocycles. The number of hydrogen-bond donors (Lipinski definition) is 0. The number of amides is 2. The van der Waals surface area contributed by atoms with E-state index in [1.54, 1.807) is 22.8 Å². The van der Waals surface area contributed by atoms with Crippen molar-refractivity contribution >= 4 is 12.0 Å². The second-order valence-electron chi connectivity index (χ2n) is 5.85. The van der Waals surface area contributed by atoms with Gasteiger partial charge in [0.25, 0.3) is 5.91 Å². The van der Waals surface area contributed by atoms with Crippen molar-refractivity contribution in [1.29, 1.82) is 0 Å². The lowest BCUT2D eigenvalue weighted by Gasteiger charge is -2.33. The van der Waals surface area contributed by atoms with Crippen molar-refractivity contribution in [2.45, 2.75) is 13.5 Å². The first-order chi connectivity index (χ1) is 12.7. The molecule has 7 nitrogen and oxygen atoms in total. The van der Waals surface area contributed by atoms with Crippen LogP contribution in [0.3, 0.4) is 0 Å². The zero-order chi connectivity index (χ0) is 18.4. The van der Waals surface area contributed by atoms with Crippen molar-refractivity contribution in [3.05, 3.63) is 54.0 Å². The molecule has 0 saturated carbocycles. The molecular formula is C19H22N2O5. The summed E-state index contributed by atoms with van der Waals surface area (Å²) in [6.07, 6.45) is 1.15. The van der Waals surface area contributed by atoms with Gasteiger partial charge >= 0.3 is 6.09 Å². The molecule has 7 heteroatoms. The van der Waals surface area contributed by atoms with Crippen LogP contribution in [0.15, 0.2) is 47.1 Å². The van der Waals surface area contributed by atoms with Crippen molar-refractivity contribution in [2.24, 2.45) is 0 Å². The highest BCUT2D eigenvalue weighted by Gasteiger charge is 2.28. The van der Waals surface area contributed by atoms with Crippen LogP contribution < -0.4 is 4.74 Å². The Labute approximate surface area is 152 Å². The van der Waals surface area contributed by atoms with Gasteiger partial charge in [0.1, 0.15) is 12.4 Å². The third-order valence-corrected chi connectivity index (χ3v) is 4.17. The van der Waals surface area contributed by atoms with E-state index in [4.69, 9.17) is 13.9 Å². The maximum absolute atomic E-state index is 12.7. The van der Waals surface area contributed by atoms with E-state index in [-0.39, 0.29) is 24.4 Å². The minimum absolute atomic E-state index is 0.190. The number of hydrogen-bond acceptors (Lipinski definition) is 5. The largest absolute Gasteiger partial charge is 0.489 e. The average molecular weight is 358 g/mol. The van der Waals surface area contributed by atoms with Crippen LogP contribution in [0.5, 0.6) is 5.75 Å². The fraction of sp³-hybridized carbons (Fsp3) is 0.368. The van der Waals surface area contributed by atoms with Gasteiger partial charge in [0.2, 0.25) is 0 Å². The number of furan rings is 1. The summed E-state index contributed by atoms with van der Waals surface area (Å²) in [6, 6.07) is 11.1. The second-order valence-corrected chi connectivity index (χ2v) is 5.85. The highest BCUT2D eigenvalue weighted by molar-refractivity contribution is 5.93. The van der Waals surface area contributed by atoms with Gasteiger partial charge < -0.3 is 23.7 Å². The number of carbonyl (C=O) groups is 2. The summed E-state index contributed by atoms with van der Waals surface area (Å²) >= 11 is 0. The Balaban J connectivity index is 1.57.